The van der Waals surface area contributed by atoms with E-state index in [0.29, 0.717) is 0 Å². The fraction of sp³-hybridized carbons (Fsp3) is 0.0417. The van der Waals surface area contributed by atoms with E-state index >= 15 is 0 Å². The lowest BCUT2D eigenvalue weighted by atomic mass is 9.95. The molecule has 3 nitrogen and oxygen atoms in total. The van der Waals surface area contributed by atoms with Gasteiger partial charge in [0, 0.05) is 27.6 Å². The molecular formula is C48H35N3Si. The molecule has 0 unspecified atom stereocenters. The molecule has 0 spiro atoms. The number of rotatable bonds is 5. The van der Waals surface area contributed by atoms with E-state index < -0.39 is 8.07 Å². The minimum atomic E-state index is -2.02. The zero-order valence-electron chi connectivity index (χ0n) is 29.1. The molecule has 3 heterocycles. The summed E-state index contributed by atoms with van der Waals surface area (Å²) in [4.78, 5) is 10.7. The van der Waals surface area contributed by atoms with Gasteiger partial charge in [-0.05, 0) is 74.6 Å². The molecule has 0 N–H and O–H groups in total. The van der Waals surface area contributed by atoms with E-state index in [2.05, 4.69) is 194 Å². The maximum atomic E-state index is 5.38. The molecule has 9 aromatic rings. The van der Waals surface area contributed by atoms with Crippen LogP contribution in [-0.4, -0.2) is 22.6 Å². The molecule has 1 aliphatic rings. The van der Waals surface area contributed by atoms with Crippen LogP contribution < -0.4 is 10.4 Å². The maximum absolute atomic E-state index is 5.38. The Balaban J connectivity index is 1.11. The van der Waals surface area contributed by atoms with Crippen LogP contribution in [0.5, 0.6) is 0 Å². The third-order valence-electron chi connectivity index (χ3n) is 10.8. The van der Waals surface area contributed by atoms with Crippen LogP contribution in [0.2, 0.25) is 13.1 Å². The first-order chi connectivity index (χ1) is 25.6. The number of hydrogen-bond donors (Lipinski definition) is 0. The van der Waals surface area contributed by atoms with Gasteiger partial charge in [-0.2, -0.15) is 0 Å². The van der Waals surface area contributed by atoms with Crippen LogP contribution in [0.3, 0.4) is 0 Å². The van der Waals surface area contributed by atoms with Gasteiger partial charge in [0.05, 0.1) is 22.4 Å². The van der Waals surface area contributed by atoms with E-state index in [4.69, 9.17) is 9.97 Å². The molecule has 0 aliphatic carbocycles. The molecule has 0 amide bonds. The highest BCUT2D eigenvalue weighted by atomic mass is 28.3. The van der Waals surface area contributed by atoms with Crippen LogP contribution in [0.25, 0.3) is 83.6 Å². The highest BCUT2D eigenvalue weighted by Gasteiger charge is 2.41. The van der Waals surface area contributed by atoms with Crippen molar-refractivity contribution in [1.82, 2.24) is 14.5 Å². The molecule has 52 heavy (non-hydrogen) atoms. The van der Waals surface area contributed by atoms with Crippen molar-refractivity contribution in [1.29, 1.82) is 0 Å². The van der Waals surface area contributed by atoms with Crippen LogP contribution in [0.15, 0.2) is 176 Å². The maximum Gasteiger partial charge on any atom is 0.160 e. The van der Waals surface area contributed by atoms with Crippen molar-refractivity contribution in [3.63, 3.8) is 0 Å². The van der Waals surface area contributed by atoms with Gasteiger partial charge in [0.2, 0.25) is 0 Å². The molecular weight excluding hydrogens is 647 g/mol. The minimum absolute atomic E-state index is 0.760. The molecule has 0 saturated heterocycles. The second-order valence-electron chi connectivity index (χ2n) is 14.2. The first-order valence-electron chi connectivity index (χ1n) is 17.9. The van der Waals surface area contributed by atoms with E-state index in [0.717, 1.165) is 45.2 Å². The number of nitrogens with zero attached hydrogens (tertiary/aromatic N) is 3. The normalized spacial score (nSPS) is 13.0. The SMILES string of the molecule is C[Si]1(C)c2ccccc2-c2nc(-c3cccc(-c4cccc(-c5cccc6c5c5ccccc5n6-c5ccccc5)c4)c3)nc(-c3ccccc3)c21. The lowest BCUT2D eigenvalue weighted by molar-refractivity contribution is 1.18. The van der Waals surface area contributed by atoms with E-state index in [1.807, 2.05) is 0 Å². The quantitative estimate of drug-likeness (QED) is 0.169. The summed E-state index contributed by atoms with van der Waals surface area (Å²) >= 11 is 0. The Kier molecular flexibility index (Phi) is 6.95. The molecule has 0 bridgehead atoms. The summed E-state index contributed by atoms with van der Waals surface area (Å²) in [6.07, 6.45) is 0. The molecule has 0 radical (unpaired) electrons. The molecule has 0 fully saturated rings. The Morgan fingerprint density at radius 3 is 1.81 bits per heavy atom. The average Bonchev–Trinajstić information content (AvgIpc) is 3.67. The van der Waals surface area contributed by atoms with Crippen molar-refractivity contribution < 1.29 is 0 Å². The Hall–Kier alpha value is -6.36. The summed E-state index contributed by atoms with van der Waals surface area (Å²) in [5.41, 5.74) is 13.8. The molecule has 7 aromatic carbocycles. The van der Waals surface area contributed by atoms with Gasteiger partial charge in [0.25, 0.3) is 0 Å². The third-order valence-corrected chi connectivity index (χ3v) is 14.3. The molecule has 1 aliphatic heterocycles. The van der Waals surface area contributed by atoms with Crippen molar-refractivity contribution in [2.75, 3.05) is 0 Å². The van der Waals surface area contributed by atoms with E-state index in [1.165, 1.54) is 48.9 Å². The van der Waals surface area contributed by atoms with E-state index in [9.17, 15) is 0 Å². The first kappa shape index (κ1) is 30.5. The molecule has 10 rings (SSSR count). The minimum Gasteiger partial charge on any atom is -0.309 e. The Bertz CT molecular complexity index is 2820. The largest absolute Gasteiger partial charge is 0.309 e. The number of benzene rings is 7. The van der Waals surface area contributed by atoms with E-state index in [1.54, 1.807) is 0 Å². The summed E-state index contributed by atoms with van der Waals surface area (Å²) in [5.74, 6) is 0.760. The fourth-order valence-electron chi connectivity index (χ4n) is 8.37. The monoisotopic (exact) mass is 681 g/mol. The summed E-state index contributed by atoms with van der Waals surface area (Å²) in [6, 6.07) is 63.2. The zero-order valence-corrected chi connectivity index (χ0v) is 30.1. The Labute approximate surface area is 304 Å². The number of hydrogen-bond acceptors (Lipinski definition) is 2. The number of aromatic nitrogens is 3. The van der Waals surface area contributed by atoms with E-state index in [-0.39, 0.29) is 0 Å². The number of fused-ring (bicyclic) bond motifs is 6. The zero-order chi connectivity index (χ0) is 34.8. The van der Waals surface area contributed by atoms with Crippen LogP contribution in [0, 0.1) is 0 Å². The summed E-state index contributed by atoms with van der Waals surface area (Å²) < 4.78 is 2.38. The van der Waals surface area contributed by atoms with Gasteiger partial charge < -0.3 is 4.57 Å². The van der Waals surface area contributed by atoms with Gasteiger partial charge in [-0.25, -0.2) is 9.97 Å². The van der Waals surface area contributed by atoms with Gasteiger partial charge in [0.1, 0.15) is 8.07 Å². The predicted molar refractivity (Wildman–Crippen MR) is 220 cm³/mol. The standard InChI is InChI=1S/C48H35N3Si/c1-52(2)43-29-12-10-25-40(43)46-47(52)45(32-16-5-3-6-17-32)49-48(50-46)36-21-14-19-34(31-36)33-18-13-20-35(30-33)38-26-15-28-42-44(38)39-24-9-11-27-41(39)51(42)37-22-7-4-8-23-37/h3-31H,1-2H3. The molecule has 0 saturated carbocycles. The molecule has 0 atom stereocenters. The van der Waals surface area contributed by atoms with Gasteiger partial charge in [0.15, 0.2) is 5.82 Å². The van der Waals surface area contributed by atoms with Crippen molar-refractivity contribution in [3.05, 3.63) is 176 Å². The third kappa shape index (κ3) is 4.72. The van der Waals surface area contributed by atoms with Crippen molar-refractivity contribution in [2.24, 2.45) is 0 Å². The van der Waals surface area contributed by atoms with Crippen molar-refractivity contribution in [2.45, 2.75) is 13.1 Å². The molecule has 2 aromatic heterocycles. The summed E-state index contributed by atoms with van der Waals surface area (Å²) in [6.45, 7) is 4.86. The number of para-hydroxylation sites is 2. The Morgan fingerprint density at radius 1 is 0.442 bits per heavy atom. The molecule has 246 valence electrons. The topological polar surface area (TPSA) is 30.7 Å². The van der Waals surface area contributed by atoms with Gasteiger partial charge >= 0.3 is 0 Å². The van der Waals surface area contributed by atoms with Crippen LogP contribution in [0.4, 0.5) is 0 Å². The van der Waals surface area contributed by atoms with Crippen molar-refractivity contribution in [3.8, 4) is 61.8 Å². The van der Waals surface area contributed by atoms with Gasteiger partial charge in [-0.3, -0.25) is 0 Å². The lowest BCUT2D eigenvalue weighted by Gasteiger charge is -2.21. The van der Waals surface area contributed by atoms with Crippen LogP contribution in [-0.2, 0) is 0 Å². The van der Waals surface area contributed by atoms with Crippen molar-refractivity contribution >= 4 is 40.3 Å². The second-order valence-corrected chi connectivity index (χ2v) is 18.5. The highest BCUT2D eigenvalue weighted by Crippen LogP contribution is 2.40. The summed E-state index contributed by atoms with van der Waals surface area (Å²) in [7, 11) is -2.02. The fourth-order valence-corrected chi connectivity index (χ4v) is 11.6. The van der Waals surface area contributed by atoms with Crippen LogP contribution in [0.1, 0.15) is 0 Å². The second kappa shape index (κ2) is 11.9. The van der Waals surface area contributed by atoms with Gasteiger partial charge in [-0.15, -0.1) is 0 Å². The Morgan fingerprint density at radius 2 is 1.00 bits per heavy atom. The lowest BCUT2D eigenvalue weighted by Crippen LogP contribution is -2.50. The average molecular weight is 682 g/mol. The predicted octanol–water partition coefficient (Wildman–Crippen LogP) is 11.0. The first-order valence-corrected chi connectivity index (χ1v) is 20.9. The van der Waals surface area contributed by atoms with Gasteiger partial charge in [-0.1, -0.05) is 153 Å². The molecule has 4 heteroatoms. The highest BCUT2D eigenvalue weighted by molar-refractivity contribution is 7.04. The smallest absolute Gasteiger partial charge is 0.160 e. The van der Waals surface area contributed by atoms with Crippen LogP contribution >= 0.6 is 0 Å². The summed E-state index contributed by atoms with van der Waals surface area (Å²) in [5, 5.41) is 5.27.